The summed E-state index contributed by atoms with van der Waals surface area (Å²) >= 11 is 0. The Bertz CT molecular complexity index is 898. The van der Waals surface area contributed by atoms with E-state index in [4.69, 9.17) is 9.97 Å². The molecular formula is C24H28N4. The first-order valence-corrected chi connectivity index (χ1v) is 10.0. The Kier molecular flexibility index (Phi) is 5.79. The molecular weight excluding hydrogens is 344 g/mol. The number of likely N-dealkylation sites (N-methyl/N-ethyl adjacent to an activating group) is 1. The molecule has 2 heterocycles. The van der Waals surface area contributed by atoms with Gasteiger partial charge in [0.2, 0.25) is 0 Å². The maximum atomic E-state index is 4.99. The van der Waals surface area contributed by atoms with E-state index >= 15 is 0 Å². The van der Waals surface area contributed by atoms with Crippen LogP contribution in [-0.2, 0) is 13.0 Å². The first-order chi connectivity index (χ1) is 13.7. The van der Waals surface area contributed by atoms with Crippen LogP contribution in [0.2, 0.25) is 0 Å². The zero-order valence-corrected chi connectivity index (χ0v) is 16.8. The Labute approximate surface area is 167 Å². The van der Waals surface area contributed by atoms with Crippen LogP contribution in [0.5, 0.6) is 0 Å². The molecule has 1 saturated heterocycles. The summed E-state index contributed by atoms with van der Waals surface area (Å²) in [6.45, 7) is 7.49. The summed E-state index contributed by atoms with van der Waals surface area (Å²) in [7, 11) is 2.19. The fourth-order valence-electron chi connectivity index (χ4n) is 3.60. The Morgan fingerprint density at radius 2 is 1.61 bits per heavy atom. The number of aryl methyl sites for hydroxylation is 1. The second kappa shape index (κ2) is 8.63. The molecule has 0 radical (unpaired) electrons. The summed E-state index contributed by atoms with van der Waals surface area (Å²) in [4.78, 5) is 14.6. The lowest BCUT2D eigenvalue weighted by Gasteiger charge is -2.32. The molecule has 1 aromatic heterocycles. The van der Waals surface area contributed by atoms with Gasteiger partial charge in [-0.1, -0.05) is 60.2 Å². The SMILES string of the molecule is Cc1ccc(Cc2nc(-c3ccccc3)ncc2CN2CCN(C)CC2)cc1. The van der Waals surface area contributed by atoms with Crippen LogP contribution in [0.15, 0.2) is 60.8 Å². The number of benzene rings is 2. The highest BCUT2D eigenvalue weighted by Crippen LogP contribution is 2.20. The summed E-state index contributed by atoms with van der Waals surface area (Å²) in [5.41, 5.74) is 6.03. The van der Waals surface area contributed by atoms with Gasteiger partial charge in [0.1, 0.15) is 0 Å². The van der Waals surface area contributed by atoms with Crippen LogP contribution < -0.4 is 0 Å². The zero-order valence-electron chi connectivity index (χ0n) is 16.8. The molecule has 3 aromatic rings. The number of aromatic nitrogens is 2. The monoisotopic (exact) mass is 372 g/mol. The highest BCUT2D eigenvalue weighted by Gasteiger charge is 2.17. The molecule has 0 spiro atoms. The van der Waals surface area contributed by atoms with E-state index in [1.807, 2.05) is 24.4 Å². The molecule has 1 aliphatic heterocycles. The van der Waals surface area contributed by atoms with Gasteiger partial charge in [0.15, 0.2) is 5.82 Å². The van der Waals surface area contributed by atoms with Crippen LogP contribution in [0.3, 0.4) is 0 Å². The van der Waals surface area contributed by atoms with Crippen molar-refractivity contribution in [2.24, 2.45) is 0 Å². The first-order valence-electron chi connectivity index (χ1n) is 10.0. The van der Waals surface area contributed by atoms with E-state index < -0.39 is 0 Å². The van der Waals surface area contributed by atoms with Crippen molar-refractivity contribution in [3.8, 4) is 11.4 Å². The minimum Gasteiger partial charge on any atom is -0.304 e. The van der Waals surface area contributed by atoms with Crippen molar-refractivity contribution < 1.29 is 0 Å². The van der Waals surface area contributed by atoms with Crippen LogP contribution in [0.25, 0.3) is 11.4 Å². The molecule has 4 heteroatoms. The van der Waals surface area contributed by atoms with Gasteiger partial charge in [0.05, 0.1) is 5.69 Å². The van der Waals surface area contributed by atoms with Crippen molar-refractivity contribution in [1.29, 1.82) is 0 Å². The topological polar surface area (TPSA) is 32.3 Å². The van der Waals surface area contributed by atoms with Gasteiger partial charge in [-0.15, -0.1) is 0 Å². The smallest absolute Gasteiger partial charge is 0.159 e. The molecule has 4 rings (SSSR count). The van der Waals surface area contributed by atoms with E-state index in [0.717, 1.165) is 56.2 Å². The van der Waals surface area contributed by atoms with Crippen LogP contribution in [0.4, 0.5) is 0 Å². The highest BCUT2D eigenvalue weighted by molar-refractivity contribution is 5.55. The fraction of sp³-hybridized carbons (Fsp3) is 0.333. The normalized spacial score (nSPS) is 15.6. The van der Waals surface area contributed by atoms with Gasteiger partial charge in [0.25, 0.3) is 0 Å². The highest BCUT2D eigenvalue weighted by atomic mass is 15.2. The van der Waals surface area contributed by atoms with E-state index in [2.05, 4.69) is 60.2 Å². The number of nitrogens with zero attached hydrogens (tertiary/aromatic N) is 4. The summed E-state index contributed by atoms with van der Waals surface area (Å²) in [5.74, 6) is 0.810. The van der Waals surface area contributed by atoms with Crippen LogP contribution >= 0.6 is 0 Å². The molecule has 0 unspecified atom stereocenters. The Hall–Kier alpha value is -2.56. The van der Waals surface area contributed by atoms with Gasteiger partial charge in [-0.05, 0) is 19.5 Å². The van der Waals surface area contributed by atoms with Crippen molar-refractivity contribution in [2.45, 2.75) is 19.9 Å². The average molecular weight is 373 g/mol. The second-order valence-electron chi connectivity index (χ2n) is 7.77. The summed E-state index contributed by atoms with van der Waals surface area (Å²) in [6, 6.07) is 19.0. The molecule has 4 nitrogen and oxygen atoms in total. The summed E-state index contributed by atoms with van der Waals surface area (Å²) in [6.07, 6.45) is 2.88. The number of rotatable bonds is 5. The van der Waals surface area contributed by atoms with Gasteiger partial charge >= 0.3 is 0 Å². The number of piperazine rings is 1. The Balaban J connectivity index is 1.62. The predicted molar refractivity (Wildman–Crippen MR) is 114 cm³/mol. The van der Waals surface area contributed by atoms with E-state index in [0.29, 0.717) is 0 Å². The molecule has 1 aliphatic rings. The molecule has 0 bridgehead atoms. The van der Waals surface area contributed by atoms with Gasteiger partial charge in [0, 0.05) is 56.5 Å². The van der Waals surface area contributed by atoms with Crippen LogP contribution in [0.1, 0.15) is 22.4 Å². The number of hydrogen-bond donors (Lipinski definition) is 0. The first kappa shape index (κ1) is 18.8. The Morgan fingerprint density at radius 1 is 0.893 bits per heavy atom. The van der Waals surface area contributed by atoms with E-state index in [-0.39, 0.29) is 0 Å². The largest absolute Gasteiger partial charge is 0.304 e. The molecule has 0 saturated carbocycles. The van der Waals surface area contributed by atoms with Crippen molar-refractivity contribution in [2.75, 3.05) is 33.2 Å². The standard InChI is InChI=1S/C24H28N4/c1-19-8-10-20(11-9-19)16-23-22(18-28-14-12-27(2)13-15-28)17-25-24(26-23)21-6-4-3-5-7-21/h3-11,17H,12-16,18H2,1-2H3. The van der Waals surface area contributed by atoms with E-state index in [1.54, 1.807) is 0 Å². The van der Waals surface area contributed by atoms with Gasteiger partial charge < -0.3 is 4.90 Å². The second-order valence-corrected chi connectivity index (χ2v) is 7.77. The fourth-order valence-corrected chi connectivity index (χ4v) is 3.60. The van der Waals surface area contributed by atoms with Crippen molar-refractivity contribution in [1.82, 2.24) is 19.8 Å². The lowest BCUT2D eigenvalue weighted by atomic mass is 10.0. The maximum absolute atomic E-state index is 4.99. The van der Waals surface area contributed by atoms with E-state index in [1.165, 1.54) is 16.7 Å². The van der Waals surface area contributed by atoms with Crippen LogP contribution in [-0.4, -0.2) is 53.0 Å². The van der Waals surface area contributed by atoms with Gasteiger partial charge in [-0.25, -0.2) is 9.97 Å². The molecule has 0 atom stereocenters. The molecule has 2 aromatic carbocycles. The average Bonchev–Trinajstić information content (AvgIpc) is 2.73. The van der Waals surface area contributed by atoms with Crippen molar-refractivity contribution >= 4 is 0 Å². The van der Waals surface area contributed by atoms with Gasteiger partial charge in [-0.3, -0.25) is 4.90 Å². The third kappa shape index (κ3) is 4.64. The minimum absolute atomic E-state index is 0.810. The van der Waals surface area contributed by atoms with Crippen molar-refractivity contribution in [3.63, 3.8) is 0 Å². The molecule has 1 fully saturated rings. The quantitative estimate of drug-likeness (QED) is 0.682. The molecule has 0 amide bonds. The third-order valence-corrected chi connectivity index (χ3v) is 5.47. The van der Waals surface area contributed by atoms with Crippen LogP contribution in [0, 0.1) is 6.92 Å². The lowest BCUT2D eigenvalue weighted by Crippen LogP contribution is -2.44. The molecule has 28 heavy (non-hydrogen) atoms. The third-order valence-electron chi connectivity index (χ3n) is 5.47. The predicted octanol–water partition coefficient (Wildman–Crippen LogP) is 3.79. The maximum Gasteiger partial charge on any atom is 0.159 e. The van der Waals surface area contributed by atoms with E-state index in [9.17, 15) is 0 Å². The Morgan fingerprint density at radius 3 is 2.32 bits per heavy atom. The molecule has 144 valence electrons. The summed E-state index contributed by atoms with van der Waals surface area (Å²) < 4.78 is 0. The van der Waals surface area contributed by atoms with Gasteiger partial charge in [-0.2, -0.15) is 0 Å². The van der Waals surface area contributed by atoms with Crippen molar-refractivity contribution in [3.05, 3.63) is 83.2 Å². The summed E-state index contributed by atoms with van der Waals surface area (Å²) in [5, 5.41) is 0. The molecule has 0 aliphatic carbocycles. The number of hydrogen-bond acceptors (Lipinski definition) is 4. The minimum atomic E-state index is 0.810. The lowest BCUT2D eigenvalue weighted by molar-refractivity contribution is 0.147. The molecule has 0 N–H and O–H groups in total. The zero-order chi connectivity index (χ0) is 19.3.